The fourth-order valence-corrected chi connectivity index (χ4v) is 4.06. The van der Waals surface area contributed by atoms with Crippen LogP contribution in [0, 0.1) is 0 Å². The summed E-state index contributed by atoms with van der Waals surface area (Å²) in [5, 5.41) is 11.3. The van der Waals surface area contributed by atoms with Crippen LogP contribution in [0.2, 0.25) is 0 Å². The zero-order valence-corrected chi connectivity index (χ0v) is 12.6. The number of carboxylic acids is 1. The lowest BCUT2D eigenvalue weighted by molar-refractivity contribution is -0.142. The average molecular weight is 306 g/mol. The minimum absolute atomic E-state index is 0.00686. The van der Waals surface area contributed by atoms with Crippen molar-refractivity contribution in [2.75, 3.05) is 12.3 Å². The molecule has 0 aromatic carbocycles. The molecule has 1 amide bonds. The predicted molar refractivity (Wildman–Crippen MR) is 73.7 cm³/mol. The van der Waals surface area contributed by atoms with Crippen LogP contribution in [0.5, 0.6) is 0 Å². The van der Waals surface area contributed by atoms with E-state index in [1.807, 2.05) is 0 Å². The number of amides is 1. The molecule has 0 aliphatic carbocycles. The van der Waals surface area contributed by atoms with E-state index in [4.69, 9.17) is 5.11 Å². The Balaban J connectivity index is 2.79. The maximum atomic E-state index is 12.1. The third kappa shape index (κ3) is 3.92. The Bertz CT molecular complexity index is 462. The molecular weight excluding hydrogens is 284 g/mol. The largest absolute Gasteiger partial charge is 0.480 e. The Morgan fingerprint density at radius 2 is 2.05 bits per heavy atom. The summed E-state index contributed by atoms with van der Waals surface area (Å²) in [6.07, 6.45) is 1.80. The number of nitrogens with one attached hydrogen (secondary N) is 1. The molecule has 1 aliphatic heterocycles. The predicted octanol–water partition coefficient (Wildman–Crippen LogP) is 0.170. The van der Waals surface area contributed by atoms with Crippen LogP contribution >= 0.6 is 0 Å². The van der Waals surface area contributed by atoms with Gasteiger partial charge in [-0.2, -0.15) is 4.31 Å². The number of hydrogen-bond donors (Lipinski definition) is 2. The summed E-state index contributed by atoms with van der Waals surface area (Å²) in [4.78, 5) is 23.0. The molecule has 2 atom stereocenters. The normalized spacial score (nSPS) is 21.6. The first-order valence-corrected chi connectivity index (χ1v) is 8.47. The van der Waals surface area contributed by atoms with Crippen LogP contribution in [-0.4, -0.2) is 54.1 Å². The molecule has 0 radical (unpaired) electrons. The summed E-state index contributed by atoms with van der Waals surface area (Å²) in [6, 6.07) is -1.75. The Kier molecular flexibility index (Phi) is 5.94. The van der Waals surface area contributed by atoms with Crippen molar-refractivity contribution in [3.63, 3.8) is 0 Å². The zero-order chi connectivity index (χ0) is 15.3. The van der Waals surface area contributed by atoms with Gasteiger partial charge in [-0.1, -0.05) is 13.8 Å². The Labute approximate surface area is 119 Å². The first-order chi connectivity index (χ1) is 9.33. The van der Waals surface area contributed by atoms with Gasteiger partial charge in [-0.3, -0.25) is 4.79 Å². The highest BCUT2D eigenvalue weighted by Crippen LogP contribution is 2.22. The molecule has 1 fully saturated rings. The molecule has 1 saturated heterocycles. The lowest BCUT2D eigenvalue weighted by Gasteiger charge is -2.24. The van der Waals surface area contributed by atoms with E-state index < -0.39 is 34.0 Å². The minimum Gasteiger partial charge on any atom is -0.480 e. The van der Waals surface area contributed by atoms with E-state index in [1.54, 1.807) is 13.8 Å². The monoisotopic (exact) mass is 306 g/mol. The molecule has 20 heavy (non-hydrogen) atoms. The molecule has 1 unspecified atom stereocenters. The minimum atomic E-state index is -3.44. The fraction of sp³-hybridized carbons (Fsp3) is 0.833. The van der Waals surface area contributed by atoms with E-state index in [0.29, 0.717) is 25.8 Å². The van der Waals surface area contributed by atoms with Gasteiger partial charge in [0.25, 0.3) is 0 Å². The molecule has 0 aromatic rings. The number of sulfonamides is 1. The van der Waals surface area contributed by atoms with Crippen molar-refractivity contribution in [2.45, 2.75) is 51.6 Å². The molecule has 0 spiro atoms. The molecule has 7 nitrogen and oxygen atoms in total. The van der Waals surface area contributed by atoms with E-state index in [9.17, 15) is 18.0 Å². The van der Waals surface area contributed by atoms with E-state index in [-0.39, 0.29) is 12.2 Å². The molecule has 0 saturated carbocycles. The Morgan fingerprint density at radius 3 is 2.55 bits per heavy atom. The van der Waals surface area contributed by atoms with Crippen LogP contribution in [0.4, 0.5) is 0 Å². The van der Waals surface area contributed by atoms with Crippen LogP contribution in [0.3, 0.4) is 0 Å². The molecule has 1 rings (SSSR count). The number of carbonyl (C=O) groups is 2. The van der Waals surface area contributed by atoms with Crippen LogP contribution < -0.4 is 5.32 Å². The van der Waals surface area contributed by atoms with Gasteiger partial charge in [-0.05, 0) is 25.7 Å². The maximum absolute atomic E-state index is 12.1. The lowest BCUT2D eigenvalue weighted by atomic mass is 10.2. The summed E-state index contributed by atoms with van der Waals surface area (Å²) >= 11 is 0. The van der Waals surface area contributed by atoms with Gasteiger partial charge in [-0.15, -0.1) is 0 Å². The first-order valence-electron chi connectivity index (χ1n) is 6.86. The SMILES string of the molecule is CCCS(=O)(=O)N1CCCC1C(=O)N[C@@H](CC)C(=O)O. The van der Waals surface area contributed by atoms with Gasteiger partial charge < -0.3 is 10.4 Å². The summed E-state index contributed by atoms with van der Waals surface area (Å²) in [5.41, 5.74) is 0. The second kappa shape index (κ2) is 7.03. The van der Waals surface area contributed by atoms with Crippen LogP contribution in [0.25, 0.3) is 0 Å². The number of rotatable bonds is 7. The van der Waals surface area contributed by atoms with E-state index in [0.717, 1.165) is 0 Å². The lowest BCUT2D eigenvalue weighted by Crippen LogP contribution is -2.51. The maximum Gasteiger partial charge on any atom is 0.326 e. The van der Waals surface area contributed by atoms with Crippen molar-refractivity contribution >= 4 is 21.9 Å². The smallest absolute Gasteiger partial charge is 0.326 e. The number of carboxylic acid groups (broad SMARTS) is 1. The molecule has 8 heteroatoms. The number of hydrogen-bond acceptors (Lipinski definition) is 4. The second-order valence-electron chi connectivity index (χ2n) is 4.89. The van der Waals surface area contributed by atoms with E-state index in [1.165, 1.54) is 4.31 Å². The molecule has 0 aromatic heterocycles. The van der Waals surface area contributed by atoms with E-state index >= 15 is 0 Å². The molecule has 1 aliphatic rings. The average Bonchev–Trinajstić information content (AvgIpc) is 2.85. The van der Waals surface area contributed by atoms with Gasteiger partial charge in [0.2, 0.25) is 15.9 Å². The Morgan fingerprint density at radius 1 is 1.40 bits per heavy atom. The fourth-order valence-electron chi connectivity index (χ4n) is 2.32. The van der Waals surface area contributed by atoms with E-state index in [2.05, 4.69) is 5.32 Å². The first kappa shape index (κ1) is 16.9. The summed E-state index contributed by atoms with van der Waals surface area (Å²) in [6.45, 7) is 3.74. The van der Waals surface area contributed by atoms with Gasteiger partial charge in [0, 0.05) is 6.54 Å². The van der Waals surface area contributed by atoms with Crippen molar-refractivity contribution < 1.29 is 23.1 Å². The highest BCUT2D eigenvalue weighted by atomic mass is 32.2. The standard InChI is InChI=1S/C12H22N2O5S/c1-3-8-20(18,19)14-7-5-6-10(14)11(15)13-9(4-2)12(16)17/h9-10H,3-8H2,1-2H3,(H,13,15)(H,16,17)/t9-,10?/m0/s1. The van der Waals surface area contributed by atoms with Crippen molar-refractivity contribution in [2.24, 2.45) is 0 Å². The van der Waals surface area contributed by atoms with Crippen LogP contribution in [0.1, 0.15) is 39.5 Å². The van der Waals surface area contributed by atoms with Crippen molar-refractivity contribution in [3.8, 4) is 0 Å². The molecular formula is C12H22N2O5S. The quantitative estimate of drug-likeness (QED) is 0.698. The van der Waals surface area contributed by atoms with Crippen molar-refractivity contribution in [1.29, 1.82) is 0 Å². The number of aliphatic carboxylic acids is 1. The zero-order valence-electron chi connectivity index (χ0n) is 11.8. The van der Waals surface area contributed by atoms with Crippen molar-refractivity contribution in [1.82, 2.24) is 9.62 Å². The molecule has 116 valence electrons. The highest BCUT2D eigenvalue weighted by molar-refractivity contribution is 7.89. The second-order valence-corrected chi connectivity index (χ2v) is 6.93. The van der Waals surface area contributed by atoms with Gasteiger partial charge >= 0.3 is 5.97 Å². The van der Waals surface area contributed by atoms with Gasteiger partial charge in [-0.25, -0.2) is 13.2 Å². The van der Waals surface area contributed by atoms with Crippen molar-refractivity contribution in [3.05, 3.63) is 0 Å². The third-order valence-electron chi connectivity index (χ3n) is 3.35. The van der Waals surface area contributed by atoms with Gasteiger partial charge in [0.15, 0.2) is 0 Å². The highest BCUT2D eigenvalue weighted by Gasteiger charge is 2.38. The van der Waals surface area contributed by atoms with Crippen LogP contribution in [-0.2, 0) is 19.6 Å². The Hall–Kier alpha value is -1.15. The summed E-state index contributed by atoms with van der Waals surface area (Å²) in [5.74, 6) is -1.62. The number of carbonyl (C=O) groups excluding carboxylic acids is 1. The van der Waals surface area contributed by atoms with Gasteiger partial charge in [0.05, 0.1) is 5.75 Å². The summed E-state index contributed by atoms with van der Waals surface area (Å²) in [7, 11) is -3.44. The summed E-state index contributed by atoms with van der Waals surface area (Å²) < 4.78 is 25.3. The third-order valence-corrected chi connectivity index (χ3v) is 5.42. The number of nitrogens with zero attached hydrogens (tertiary/aromatic N) is 1. The topological polar surface area (TPSA) is 104 Å². The molecule has 1 heterocycles. The molecule has 2 N–H and O–H groups in total. The van der Waals surface area contributed by atoms with Gasteiger partial charge in [0.1, 0.15) is 12.1 Å². The molecule has 0 bridgehead atoms. The van der Waals surface area contributed by atoms with Crippen LogP contribution in [0.15, 0.2) is 0 Å².